The van der Waals surface area contributed by atoms with Gasteiger partial charge >= 0.3 is 0 Å². The van der Waals surface area contributed by atoms with E-state index in [4.69, 9.17) is 24.9 Å². The first-order valence-corrected chi connectivity index (χ1v) is 5.56. The number of thiophene rings is 1. The molecule has 0 atom stereocenters. The first-order valence-electron chi connectivity index (χ1n) is 2.25. The van der Waals surface area contributed by atoms with E-state index in [1.807, 2.05) is 0 Å². The monoisotopic (exact) mass is 200 g/mol. The summed E-state index contributed by atoms with van der Waals surface area (Å²) < 4.78 is 17.6. The van der Waals surface area contributed by atoms with E-state index in [0.29, 0.717) is 0 Å². The highest BCUT2D eigenvalue weighted by Gasteiger charge is 2.16. The number of hydrogen-bond acceptors (Lipinski definition) is 4. The van der Waals surface area contributed by atoms with Gasteiger partial charge in [-0.15, -0.1) is 11.3 Å². The van der Waals surface area contributed by atoms with Crippen LogP contribution in [0.2, 0.25) is 0 Å². The molecular formula is C4H5ClO3S2. The molecule has 0 spiro atoms. The normalized spacial score (nSPS) is 13.5. The van der Waals surface area contributed by atoms with Crippen LogP contribution >= 0.6 is 31.8 Å². The summed E-state index contributed by atoms with van der Waals surface area (Å²) in [6.45, 7) is 0. The van der Waals surface area contributed by atoms with E-state index in [2.05, 4.69) is 0 Å². The van der Waals surface area contributed by atoms with Crippen LogP contribution in [0.3, 0.4) is 0 Å². The minimum Gasteiger partial charge on any atom is -0.505 e. The maximum atomic E-state index is 8.91. The lowest BCUT2D eigenvalue weighted by molar-refractivity contribution is 0.452. The summed E-state index contributed by atoms with van der Waals surface area (Å²) in [5.41, 5.74) is 0. The first kappa shape index (κ1) is 8.16. The maximum absolute atomic E-state index is 8.91. The van der Waals surface area contributed by atoms with Crippen molar-refractivity contribution < 1.29 is 14.2 Å². The molecule has 1 rings (SSSR count). The van der Waals surface area contributed by atoms with Gasteiger partial charge in [-0.25, -0.2) is 0 Å². The Balaban J connectivity index is 3.05. The minimum absolute atomic E-state index is 0.000772. The van der Waals surface area contributed by atoms with E-state index < -0.39 is 9.80 Å². The Hall–Kier alpha value is 0.0600. The largest absolute Gasteiger partial charge is 0.505 e. The van der Waals surface area contributed by atoms with Gasteiger partial charge in [-0.1, -0.05) is 9.80 Å². The second kappa shape index (κ2) is 2.60. The number of halogens is 1. The summed E-state index contributed by atoms with van der Waals surface area (Å²) >= 11 is 1.16. The smallest absolute Gasteiger partial charge is 0.150 e. The Bertz CT molecular complexity index is 229. The third-order valence-corrected chi connectivity index (χ3v) is 3.15. The van der Waals surface area contributed by atoms with Crippen LogP contribution in [0.25, 0.3) is 0 Å². The average Bonchev–Trinajstić information content (AvgIpc) is 2.11. The van der Waals surface area contributed by atoms with E-state index in [9.17, 15) is 0 Å². The van der Waals surface area contributed by atoms with Gasteiger partial charge in [0.1, 0.15) is 4.90 Å². The van der Waals surface area contributed by atoms with Crippen molar-refractivity contribution in [3.63, 3.8) is 0 Å². The van der Waals surface area contributed by atoms with Crippen LogP contribution in [0.1, 0.15) is 0 Å². The zero-order chi connectivity index (χ0) is 7.78. The predicted octanol–water partition coefficient (Wildman–Crippen LogP) is 2.72. The summed E-state index contributed by atoms with van der Waals surface area (Å²) in [6, 6.07) is 0. The highest BCUT2D eigenvalue weighted by Crippen LogP contribution is 2.57. The lowest BCUT2D eigenvalue weighted by Gasteiger charge is -2.20. The summed E-state index contributed by atoms with van der Waals surface area (Å²) in [7, 11) is 1.89. The Kier molecular flexibility index (Phi) is 2.12. The van der Waals surface area contributed by atoms with Crippen molar-refractivity contribution in [2.24, 2.45) is 0 Å². The Morgan fingerprint density at radius 2 is 2.00 bits per heavy atom. The van der Waals surface area contributed by atoms with Crippen molar-refractivity contribution >= 4 is 31.8 Å². The third kappa shape index (κ3) is 1.56. The molecular weight excluding hydrogens is 196 g/mol. The van der Waals surface area contributed by atoms with Crippen LogP contribution in [-0.2, 0) is 0 Å². The molecule has 1 aromatic heterocycles. The molecule has 0 aliphatic rings. The van der Waals surface area contributed by atoms with Crippen LogP contribution in [0.15, 0.2) is 15.7 Å². The van der Waals surface area contributed by atoms with Gasteiger partial charge in [0.25, 0.3) is 0 Å². The molecule has 6 heteroatoms. The van der Waals surface area contributed by atoms with Crippen LogP contribution in [0.4, 0.5) is 0 Å². The molecule has 58 valence electrons. The Morgan fingerprint density at radius 1 is 1.40 bits per heavy atom. The number of rotatable bonds is 1. The fraction of sp³-hybridized carbons (Fsp3) is 0. The molecule has 0 saturated heterocycles. The van der Waals surface area contributed by atoms with Crippen molar-refractivity contribution in [2.45, 2.75) is 4.90 Å². The van der Waals surface area contributed by atoms with Gasteiger partial charge in [0, 0.05) is 21.4 Å². The fourth-order valence-corrected chi connectivity index (χ4v) is 2.66. The molecule has 1 aromatic rings. The molecule has 0 fully saturated rings. The van der Waals surface area contributed by atoms with E-state index >= 15 is 0 Å². The zero-order valence-corrected chi connectivity index (χ0v) is 7.08. The van der Waals surface area contributed by atoms with Gasteiger partial charge in [-0.3, -0.25) is 9.11 Å². The minimum atomic E-state index is -3.26. The van der Waals surface area contributed by atoms with E-state index in [-0.39, 0.29) is 10.6 Å². The average molecular weight is 201 g/mol. The highest BCUT2D eigenvalue weighted by atomic mass is 35.7. The molecule has 0 radical (unpaired) electrons. The van der Waals surface area contributed by atoms with Crippen LogP contribution in [0.5, 0.6) is 5.75 Å². The van der Waals surface area contributed by atoms with Crippen molar-refractivity contribution in [1.82, 2.24) is 0 Å². The van der Waals surface area contributed by atoms with Crippen molar-refractivity contribution in [1.29, 1.82) is 0 Å². The van der Waals surface area contributed by atoms with Gasteiger partial charge in [-0.2, -0.15) is 0 Å². The molecule has 0 unspecified atom stereocenters. The van der Waals surface area contributed by atoms with Crippen molar-refractivity contribution in [3.05, 3.63) is 10.8 Å². The van der Waals surface area contributed by atoms with Crippen molar-refractivity contribution in [3.8, 4) is 5.75 Å². The lowest BCUT2D eigenvalue weighted by atomic mass is 10.6. The molecule has 0 aromatic carbocycles. The van der Waals surface area contributed by atoms with Gasteiger partial charge < -0.3 is 5.11 Å². The van der Waals surface area contributed by atoms with Gasteiger partial charge in [0.2, 0.25) is 0 Å². The Labute approximate surface area is 67.7 Å². The molecule has 0 saturated carbocycles. The van der Waals surface area contributed by atoms with Crippen molar-refractivity contribution in [2.75, 3.05) is 0 Å². The predicted molar refractivity (Wildman–Crippen MR) is 43.0 cm³/mol. The molecule has 3 N–H and O–H groups in total. The van der Waals surface area contributed by atoms with Crippen LogP contribution < -0.4 is 0 Å². The lowest BCUT2D eigenvalue weighted by Crippen LogP contribution is -1.85. The first-order chi connectivity index (χ1) is 4.52. The highest BCUT2D eigenvalue weighted by molar-refractivity contribution is 8.43. The fourth-order valence-electron chi connectivity index (χ4n) is 0.473. The van der Waals surface area contributed by atoms with Gasteiger partial charge in [-0.05, 0) is 0 Å². The number of hydrogen-bond donors (Lipinski definition) is 3. The van der Waals surface area contributed by atoms with Gasteiger partial charge in [0.05, 0.1) is 0 Å². The zero-order valence-electron chi connectivity index (χ0n) is 4.69. The molecule has 1 heterocycles. The molecule has 3 nitrogen and oxygen atoms in total. The maximum Gasteiger partial charge on any atom is 0.150 e. The summed E-state index contributed by atoms with van der Waals surface area (Å²) in [5.74, 6) is -0.167. The summed E-state index contributed by atoms with van der Waals surface area (Å²) in [5, 5.41) is 11.7. The van der Waals surface area contributed by atoms with Gasteiger partial charge in [0.15, 0.2) is 5.75 Å². The quantitative estimate of drug-likeness (QED) is 0.653. The second-order valence-corrected chi connectivity index (χ2v) is 5.03. The second-order valence-electron chi connectivity index (χ2n) is 1.60. The van der Waals surface area contributed by atoms with E-state index in [1.54, 1.807) is 0 Å². The molecule has 0 bridgehead atoms. The number of aromatic hydroxyl groups is 1. The topological polar surface area (TPSA) is 60.7 Å². The third-order valence-electron chi connectivity index (χ3n) is 0.887. The Morgan fingerprint density at radius 3 is 2.20 bits per heavy atom. The van der Waals surface area contributed by atoms with Crippen LogP contribution in [0, 0.1) is 0 Å². The summed E-state index contributed by atoms with van der Waals surface area (Å²) in [6.07, 6.45) is 0. The SMILES string of the molecule is Oc1cscc1S(O)(O)Cl. The van der Waals surface area contributed by atoms with E-state index in [0.717, 1.165) is 11.3 Å². The van der Waals surface area contributed by atoms with Crippen LogP contribution in [-0.4, -0.2) is 14.2 Å². The van der Waals surface area contributed by atoms with E-state index in [1.165, 1.54) is 10.8 Å². The molecule has 0 aliphatic heterocycles. The molecule has 0 aliphatic carbocycles. The standard InChI is InChI=1S/C4H5ClO3S2/c5-10(7,8)4-2-9-1-3(4)6/h1-2,6-8H. The summed E-state index contributed by atoms with van der Waals surface area (Å²) in [4.78, 5) is -0.000772. The molecule has 0 amide bonds. The molecule has 10 heavy (non-hydrogen) atoms.